The maximum atomic E-state index is 12.7. The second kappa shape index (κ2) is 9.19. The molecule has 1 heterocycles. The van der Waals surface area contributed by atoms with E-state index in [1.165, 1.54) is 23.9 Å². The minimum atomic E-state index is -3.67. The maximum absolute atomic E-state index is 12.7. The largest absolute Gasteiger partial charge is 0.352 e. The van der Waals surface area contributed by atoms with Crippen molar-refractivity contribution in [2.75, 3.05) is 16.8 Å². The van der Waals surface area contributed by atoms with E-state index in [1.807, 2.05) is 13.0 Å². The van der Waals surface area contributed by atoms with E-state index in [0.29, 0.717) is 16.5 Å². The van der Waals surface area contributed by atoms with Crippen molar-refractivity contribution >= 4 is 50.7 Å². The summed E-state index contributed by atoms with van der Waals surface area (Å²) in [5, 5.41) is 6.00. The summed E-state index contributed by atoms with van der Waals surface area (Å²) in [6.07, 6.45) is -0.165. The molecule has 0 spiro atoms. The van der Waals surface area contributed by atoms with Crippen LogP contribution in [0.25, 0.3) is 0 Å². The highest BCUT2D eigenvalue weighted by atomic mass is 35.5. The Balaban J connectivity index is 1.62. The number of amides is 2. The van der Waals surface area contributed by atoms with Gasteiger partial charge in [0.15, 0.2) is 9.84 Å². The lowest BCUT2D eigenvalue weighted by atomic mass is 10.2. The zero-order valence-corrected chi connectivity index (χ0v) is 18.2. The highest BCUT2D eigenvalue weighted by molar-refractivity contribution is 7.99. The standard InChI is InChI=1S/C20H21ClN2O4S2/c1-13-12-28-18-7-6-15(10-17(18)23-20(13)25)29(26,27)9-8-19(24)22-11-14-4-2-3-5-16(14)21/h2-7,10,13H,8-9,11-12H2,1H3,(H,22,24)(H,23,25)/t13-/m1/s1. The molecule has 0 radical (unpaired) electrons. The highest BCUT2D eigenvalue weighted by Crippen LogP contribution is 2.34. The molecule has 2 N–H and O–H groups in total. The summed E-state index contributed by atoms with van der Waals surface area (Å²) >= 11 is 7.56. The Hall–Kier alpha value is -2.03. The van der Waals surface area contributed by atoms with Gasteiger partial charge in [0.1, 0.15) is 0 Å². The van der Waals surface area contributed by atoms with Gasteiger partial charge in [-0.15, -0.1) is 11.8 Å². The molecular weight excluding hydrogens is 432 g/mol. The Bertz CT molecular complexity index is 1040. The molecule has 0 saturated heterocycles. The first-order valence-corrected chi connectivity index (χ1v) is 12.1. The maximum Gasteiger partial charge on any atom is 0.228 e. The molecule has 2 aromatic rings. The summed E-state index contributed by atoms with van der Waals surface area (Å²) in [7, 11) is -3.67. The number of hydrogen-bond acceptors (Lipinski definition) is 5. The summed E-state index contributed by atoms with van der Waals surface area (Å²) in [6.45, 7) is 2.06. The van der Waals surface area contributed by atoms with Gasteiger partial charge in [0, 0.05) is 34.6 Å². The number of thioether (sulfide) groups is 1. The summed E-state index contributed by atoms with van der Waals surface area (Å²) < 4.78 is 25.3. The van der Waals surface area contributed by atoms with Crippen molar-refractivity contribution in [1.82, 2.24) is 5.32 Å². The van der Waals surface area contributed by atoms with Crippen molar-refractivity contribution in [1.29, 1.82) is 0 Å². The van der Waals surface area contributed by atoms with Crippen LogP contribution in [0, 0.1) is 5.92 Å². The van der Waals surface area contributed by atoms with Gasteiger partial charge in [-0.25, -0.2) is 8.42 Å². The fourth-order valence-electron chi connectivity index (χ4n) is 2.74. The van der Waals surface area contributed by atoms with Crippen molar-refractivity contribution in [2.24, 2.45) is 5.92 Å². The fourth-order valence-corrected chi connectivity index (χ4v) is 5.22. The molecule has 6 nitrogen and oxygen atoms in total. The zero-order chi connectivity index (χ0) is 21.0. The third-order valence-electron chi connectivity index (χ3n) is 4.54. The monoisotopic (exact) mass is 452 g/mol. The number of carbonyl (C=O) groups excluding carboxylic acids is 2. The molecule has 1 aliphatic heterocycles. The number of halogens is 1. The number of anilines is 1. The predicted molar refractivity (Wildman–Crippen MR) is 115 cm³/mol. The van der Waals surface area contributed by atoms with Crippen LogP contribution in [0.3, 0.4) is 0 Å². The average molecular weight is 453 g/mol. The molecule has 0 unspecified atom stereocenters. The Morgan fingerprint density at radius 3 is 2.79 bits per heavy atom. The van der Waals surface area contributed by atoms with E-state index in [9.17, 15) is 18.0 Å². The number of sulfone groups is 1. The lowest BCUT2D eigenvalue weighted by molar-refractivity contribution is -0.121. The molecule has 0 saturated carbocycles. The van der Waals surface area contributed by atoms with Gasteiger partial charge in [-0.05, 0) is 29.8 Å². The first-order valence-electron chi connectivity index (χ1n) is 9.07. The SMILES string of the molecule is C[C@@H]1CSc2ccc(S(=O)(=O)CCC(=O)NCc3ccccc3Cl)cc2NC1=O. The zero-order valence-electron chi connectivity index (χ0n) is 15.8. The van der Waals surface area contributed by atoms with Gasteiger partial charge in [0.25, 0.3) is 0 Å². The minimum Gasteiger partial charge on any atom is -0.352 e. The summed E-state index contributed by atoms with van der Waals surface area (Å²) in [5.74, 6) is -0.353. The van der Waals surface area contributed by atoms with Gasteiger partial charge in [0.2, 0.25) is 11.8 Å². The van der Waals surface area contributed by atoms with Gasteiger partial charge in [-0.3, -0.25) is 9.59 Å². The predicted octanol–water partition coefficient (Wildman–Crippen LogP) is 3.50. The summed E-state index contributed by atoms with van der Waals surface area (Å²) in [4.78, 5) is 25.0. The number of fused-ring (bicyclic) bond motifs is 1. The Labute approximate surface area is 179 Å². The first-order chi connectivity index (χ1) is 13.8. The van der Waals surface area contributed by atoms with E-state index >= 15 is 0 Å². The Morgan fingerprint density at radius 2 is 2.03 bits per heavy atom. The van der Waals surface area contributed by atoms with Crippen LogP contribution in [0.15, 0.2) is 52.3 Å². The van der Waals surface area contributed by atoms with E-state index in [-0.39, 0.29) is 41.3 Å². The lowest BCUT2D eigenvalue weighted by Crippen LogP contribution is -2.25. The number of rotatable bonds is 6. The molecule has 0 aromatic heterocycles. The molecular formula is C20H21ClN2O4S2. The van der Waals surface area contributed by atoms with Crippen LogP contribution in [0.1, 0.15) is 18.9 Å². The van der Waals surface area contributed by atoms with Crippen LogP contribution in [0.5, 0.6) is 0 Å². The van der Waals surface area contributed by atoms with E-state index in [1.54, 1.807) is 24.3 Å². The average Bonchev–Trinajstić information content (AvgIpc) is 2.84. The molecule has 154 valence electrons. The second-order valence-electron chi connectivity index (χ2n) is 6.80. The summed E-state index contributed by atoms with van der Waals surface area (Å²) in [6, 6.07) is 11.8. The first kappa shape index (κ1) is 21.7. The van der Waals surface area contributed by atoms with Crippen LogP contribution >= 0.6 is 23.4 Å². The topological polar surface area (TPSA) is 92.3 Å². The van der Waals surface area contributed by atoms with Crippen molar-refractivity contribution < 1.29 is 18.0 Å². The van der Waals surface area contributed by atoms with E-state index in [0.717, 1.165) is 10.5 Å². The highest BCUT2D eigenvalue weighted by Gasteiger charge is 2.23. The molecule has 2 amide bonds. The Morgan fingerprint density at radius 1 is 1.28 bits per heavy atom. The van der Waals surface area contributed by atoms with Crippen molar-refractivity contribution in [2.45, 2.75) is 29.7 Å². The number of nitrogens with one attached hydrogen (secondary N) is 2. The van der Waals surface area contributed by atoms with Gasteiger partial charge in [-0.1, -0.05) is 36.7 Å². The van der Waals surface area contributed by atoms with Gasteiger partial charge < -0.3 is 10.6 Å². The van der Waals surface area contributed by atoms with Crippen LogP contribution < -0.4 is 10.6 Å². The molecule has 29 heavy (non-hydrogen) atoms. The fraction of sp³-hybridized carbons (Fsp3) is 0.300. The molecule has 1 aliphatic rings. The number of benzene rings is 2. The van der Waals surface area contributed by atoms with Crippen LogP contribution in [-0.4, -0.2) is 31.7 Å². The minimum absolute atomic E-state index is 0.0885. The molecule has 0 aliphatic carbocycles. The smallest absolute Gasteiger partial charge is 0.228 e. The lowest BCUT2D eigenvalue weighted by Gasteiger charge is -2.11. The van der Waals surface area contributed by atoms with Gasteiger partial charge in [0.05, 0.1) is 16.3 Å². The van der Waals surface area contributed by atoms with Gasteiger partial charge in [-0.2, -0.15) is 0 Å². The molecule has 9 heteroatoms. The molecule has 1 atom stereocenters. The number of carbonyl (C=O) groups is 2. The Kier molecular flexibility index (Phi) is 6.87. The quantitative estimate of drug-likeness (QED) is 0.699. The van der Waals surface area contributed by atoms with E-state index in [2.05, 4.69) is 10.6 Å². The van der Waals surface area contributed by atoms with Crippen LogP contribution in [0.4, 0.5) is 5.69 Å². The third-order valence-corrected chi connectivity index (χ3v) is 7.95. The second-order valence-corrected chi connectivity index (χ2v) is 10.4. The van der Waals surface area contributed by atoms with Crippen LogP contribution in [0.2, 0.25) is 5.02 Å². The van der Waals surface area contributed by atoms with Gasteiger partial charge >= 0.3 is 0 Å². The third kappa shape index (κ3) is 5.52. The molecule has 0 bridgehead atoms. The van der Waals surface area contributed by atoms with E-state index < -0.39 is 9.84 Å². The van der Waals surface area contributed by atoms with Crippen LogP contribution in [-0.2, 0) is 26.0 Å². The number of hydrogen-bond donors (Lipinski definition) is 2. The summed E-state index contributed by atoms with van der Waals surface area (Å²) in [5.41, 5.74) is 1.26. The van der Waals surface area contributed by atoms with E-state index in [4.69, 9.17) is 11.6 Å². The molecule has 3 rings (SSSR count). The normalized spacial score (nSPS) is 16.5. The molecule has 0 fully saturated rings. The van der Waals surface area contributed by atoms with Crippen molar-refractivity contribution in [3.05, 3.63) is 53.1 Å². The van der Waals surface area contributed by atoms with Crippen molar-refractivity contribution in [3.8, 4) is 0 Å². The van der Waals surface area contributed by atoms with Crippen molar-refractivity contribution in [3.63, 3.8) is 0 Å². The molecule has 2 aromatic carbocycles.